The fourth-order valence-electron chi connectivity index (χ4n) is 9.57. The summed E-state index contributed by atoms with van der Waals surface area (Å²) in [4.78, 5) is 62.1. The number of amides is 1. The standard InChI is InChI=1S/C52H70FN7O9/c1-10-60-45-14-13-36(37-21-34(20-35(22-37)27-53)23-44(56-50(64)69-51(4,5)6)49(63)68-48(62)43-12-11-15-55-57-43)24-40(45)42(26-52(7,8)31-67-33(3)61)47(60)41-25-38(28-54-46(41)32(2)65-9)59-17-16-58-18-19-66-30-39(58)29-59/h13-14,20-22,24-25,28,32,39,43-44,55,57H,10-12,15-19,23,26-27,29-31H2,1-9H3,(H,56,64)/t32-,39-,43?,44-/m0/s1. The molecular formula is C52H70FN7O9. The second-order valence-corrected chi connectivity index (χ2v) is 20.2. The van der Waals surface area contributed by atoms with Crippen LogP contribution >= 0.6 is 0 Å². The number of anilines is 1. The number of halogens is 1. The van der Waals surface area contributed by atoms with Crippen molar-refractivity contribution >= 4 is 40.6 Å². The molecular weight excluding hydrogens is 886 g/mol. The van der Waals surface area contributed by atoms with Crippen molar-refractivity contribution in [3.05, 3.63) is 71.0 Å². The molecule has 3 saturated heterocycles. The van der Waals surface area contributed by atoms with Crippen LogP contribution in [-0.2, 0) is 64.1 Å². The Morgan fingerprint density at radius 1 is 1.01 bits per heavy atom. The third-order valence-electron chi connectivity index (χ3n) is 13.0. The molecule has 3 fully saturated rings. The lowest BCUT2D eigenvalue weighted by molar-refractivity contribution is -0.163. The highest BCUT2D eigenvalue weighted by atomic mass is 19.1. The van der Waals surface area contributed by atoms with Crippen molar-refractivity contribution in [2.45, 2.75) is 124 Å². The fourth-order valence-corrected chi connectivity index (χ4v) is 9.57. The summed E-state index contributed by atoms with van der Waals surface area (Å²) in [7, 11) is 1.68. The van der Waals surface area contributed by atoms with E-state index >= 15 is 0 Å². The number of hydrazine groups is 1. The Kier molecular flexibility index (Phi) is 16.5. The van der Waals surface area contributed by atoms with E-state index in [9.17, 15) is 23.6 Å². The number of hydrogen-bond acceptors (Lipinski definition) is 14. The van der Waals surface area contributed by atoms with Crippen LogP contribution in [0.4, 0.5) is 14.9 Å². The van der Waals surface area contributed by atoms with Gasteiger partial charge >= 0.3 is 24.0 Å². The Balaban J connectivity index is 1.33. The molecule has 1 amide bonds. The summed E-state index contributed by atoms with van der Waals surface area (Å²) in [6.45, 7) is 20.4. The molecule has 2 aromatic carbocycles. The lowest BCUT2D eigenvalue weighted by Crippen LogP contribution is -2.58. The van der Waals surface area contributed by atoms with Gasteiger partial charge in [-0.2, -0.15) is 0 Å². The van der Waals surface area contributed by atoms with E-state index in [0.29, 0.717) is 55.6 Å². The molecule has 4 atom stereocenters. The Morgan fingerprint density at radius 2 is 1.80 bits per heavy atom. The van der Waals surface area contributed by atoms with E-state index in [4.69, 9.17) is 28.7 Å². The number of esters is 3. The Morgan fingerprint density at radius 3 is 2.49 bits per heavy atom. The topological polar surface area (TPSA) is 175 Å². The normalized spacial score (nSPS) is 18.8. The van der Waals surface area contributed by atoms with Gasteiger partial charge in [0, 0.05) is 81.6 Å². The number of alkyl halides is 1. The first kappa shape index (κ1) is 51.4. The number of methoxy groups -OCH3 is 1. The van der Waals surface area contributed by atoms with Gasteiger partial charge in [-0.1, -0.05) is 32.0 Å². The molecule has 4 aromatic rings. The molecule has 3 aliphatic heterocycles. The Hall–Kier alpha value is -5.46. The van der Waals surface area contributed by atoms with E-state index in [1.807, 2.05) is 25.3 Å². The number of fused-ring (bicyclic) bond motifs is 2. The molecule has 5 heterocycles. The highest BCUT2D eigenvalue weighted by Crippen LogP contribution is 2.43. The summed E-state index contributed by atoms with van der Waals surface area (Å²) in [5.74, 6) is -2.10. The van der Waals surface area contributed by atoms with Crippen molar-refractivity contribution in [1.29, 1.82) is 0 Å². The van der Waals surface area contributed by atoms with Gasteiger partial charge in [0.1, 0.15) is 24.4 Å². The van der Waals surface area contributed by atoms with E-state index < -0.39 is 47.8 Å². The van der Waals surface area contributed by atoms with E-state index in [1.165, 1.54) is 6.92 Å². The molecule has 0 spiro atoms. The first-order valence-electron chi connectivity index (χ1n) is 24.2. The number of carbonyl (C=O) groups excluding carboxylic acids is 4. The monoisotopic (exact) mass is 956 g/mol. The zero-order valence-electron chi connectivity index (χ0n) is 41.7. The lowest BCUT2D eigenvalue weighted by Gasteiger charge is -2.44. The van der Waals surface area contributed by atoms with Crippen molar-refractivity contribution in [3.8, 4) is 22.4 Å². The van der Waals surface area contributed by atoms with Gasteiger partial charge in [-0.3, -0.25) is 20.1 Å². The number of piperazine rings is 1. The average Bonchev–Trinajstić information content (AvgIpc) is 3.63. The number of ether oxygens (including phenoxy) is 5. The van der Waals surface area contributed by atoms with Crippen LogP contribution in [0, 0.1) is 5.41 Å². The Labute approximate surface area is 404 Å². The van der Waals surface area contributed by atoms with Crippen LogP contribution in [0.3, 0.4) is 0 Å². The van der Waals surface area contributed by atoms with Crippen molar-refractivity contribution in [2.24, 2.45) is 5.41 Å². The van der Waals surface area contributed by atoms with Crippen molar-refractivity contribution in [1.82, 2.24) is 30.6 Å². The minimum absolute atomic E-state index is 0.122. The van der Waals surface area contributed by atoms with Crippen LogP contribution < -0.4 is 21.1 Å². The predicted molar refractivity (Wildman–Crippen MR) is 261 cm³/mol. The summed E-state index contributed by atoms with van der Waals surface area (Å²) < 4.78 is 45.5. The molecule has 2 aromatic heterocycles. The molecule has 1 unspecified atom stereocenters. The average molecular weight is 956 g/mol. The smallest absolute Gasteiger partial charge is 0.408 e. The minimum Gasteiger partial charge on any atom is -0.465 e. The van der Waals surface area contributed by atoms with E-state index in [1.54, 1.807) is 40.0 Å². The number of rotatable bonds is 16. The molecule has 3 N–H and O–H groups in total. The highest BCUT2D eigenvalue weighted by Gasteiger charge is 2.34. The third kappa shape index (κ3) is 12.7. The number of morpholine rings is 1. The first-order valence-corrected chi connectivity index (χ1v) is 24.2. The summed E-state index contributed by atoms with van der Waals surface area (Å²) in [6.07, 6.45) is 2.31. The molecule has 0 saturated carbocycles. The first-order chi connectivity index (χ1) is 32.9. The summed E-state index contributed by atoms with van der Waals surface area (Å²) >= 11 is 0. The molecule has 0 radical (unpaired) electrons. The van der Waals surface area contributed by atoms with Crippen molar-refractivity contribution in [2.75, 3.05) is 64.6 Å². The van der Waals surface area contributed by atoms with E-state index in [-0.39, 0.29) is 31.1 Å². The number of nitrogens with one attached hydrogen (secondary N) is 3. The van der Waals surface area contributed by atoms with Gasteiger partial charge in [-0.05, 0) is 106 Å². The zero-order chi connectivity index (χ0) is 49.6. The van der Waals surface area contributed by atoms with Gasteiger partial charge in [0.15, 0.2) is 0 Å². The number of alkyl carbamates (subject to hydrolysis) is 1. The Bertz CT molecular complexity index is 2500. The van der Waals surface area contributed by atoms with Gasteiger partial charge in [0.05, 0.1) is 55.2 Å². The van der Waals surface area contributed by atoms with Crippen LogP contribution in [0.5, 0.6) is 0 Å². The maximum Gasteiger partial charge on any atom is 0.408 e. The second-order valence-electron chi connectivity index (χ2n) is 20.2. The number of pyridine rings is 1. The van der Waals surface area contributed by atoms with Gasteiger partial charge in [-0.15, -0.1) is 0 Å². The number of hydrogen-bond donors (Lipinski definition) is 3. The van der Waals surface area contributed by atoms with E-state index in [2.05, 4.69) is 69.5 Å². The largest absolute Gasteiger partial charge is 0.465 e. The zero-order valence-corrected chi connectivity index (χ0v) is 41.7. The van der Waals surface area contributed by atoms with Gasteiger partial charge < -0.3 is 38.5 Å². The van der Waals surface area contributed by atoms with Crippen LogP contribution in [0.2, 0.25) is 0 Å². The van der Waals surface area contributed by atoms with E-state index in [0.717, 1.165) is 77.5 Å². The number of benzene rings is 2. The van der Waals surface area contributed by atoms with Crippen molar-refractivity contribution in [3.63, 3.8) is 0 Å². The number of aryl methyl sites for hydroxylation is 1. The summed E-state index contributed by atoms with van der Waals surface area (Å²) in [5.41, 5.74) is 12.5. The van der Waals surface area contributed by atoms with Crippen LogP contribution in [-0.4, -0.2) is 122 Å². The molecule has 0 bridgehead atoms. The number of nitrogens with zero attached hydrogens (tertiary/aromatic N) is 4. The molecule has 7 rings (SSSR count). The molecule has 16 nitrogen and oxygen atoms in total. The predicted octanol–water partition coefficient (Wildman–Crippen LogP) is 6.98. The summed E-state index contributed by atoms with van der Waals surface area (Å²) in [5, 5.41) is 3.56. The van der Waals surface area contributed by atoms with Gasteiger partial charge in [0.25, 0.3) is 0 Å². The third-order valence-corrected chi connectivity index (χ3v) is 13.0. The quantitative estimate of drug-likeness (QED) is 0.0596. The SMILES string of the molecule is CCn1c(-c2cc(N3CCN4CCOC[C@@H]4C3)cnc2[C@H](C)OC)c(CC(C)(C)COC(C)=O)c2cc(-c3cc(CF)cc(C[C@H](NC(=O)OC(C)(C)C)C(=O)OC(=O)C4CCCNN4)c3)ccc21. The van der Waals surface area contributed by atoms with Crippen molar-refractivity contribution < 1.29 is 47.3 Å². The molecule has 69 heavy (non-hydrogen) atoms. The van der Waals surface area contributed by atoms with Crippen LogP contribution in [0.1, 0.15) is 96.7 Å². The highest BCUT2D eigenvalue weighted by molar-refractivity contribution is 5.96. The lowest BCUT2D eigenvalue weighted by atomic mass is 9.84. The van der Waals surface area contributed by atoms with Crippen LogP contribution in [0.25, 0.3) is 33.3 Å². The molecule has 374 valence electrons. The maximum atomic E-state index is 14.9. The van der Waals surface area contributed by atoms with Crippen LogP contribution in [0.15, 0.2) is 48.7 Å². The summed E-state index contributed by atoms with van der Waals surface area (Å²) in [6, 6.07) is 11.9. The number of aromatic nitrogens is 2. The van der Waals surface area contributed by atoms with Gasteiger partial charge in [0.2, 0.25) is 0 Å². The maximum absolute atomic E-state index is 14.9. The minimum atomic E-state index is -1.34. The molecule has 3 aliphatic rings. The fraction of sp³-hybridized carbons (Fsp3) is 0.558. The number of carbonyl (C=O) groups is 4. The molecule has 17 heteroatoms. The second kappa shape index (κ2) is 22.1. The van der Waals surface area contributed by atoms with Gasteiger partial charge in [-0.25, -0.2) is 24.2 Å². The molecule has 0 aliphatic carbocycles.